The van der Waals surface area contributed by atoms with Gasteiger partial charge in [0, 0.05) is 29.3 Å². The molecule has 0 unspecified atom stereocenters. The monoisotopic (exact) mass is 423 g/mol. The number of nitrogens with zero attached hydrogens (tertiary/aromatic N) is 3. The van der Waals surface area contributed by atoms with Crippen molar-refractivity contribution < 1.29 is 14.4 Å². The molecular formula is C22H18ClN3O4. The van der Waals surface area contributed by atoms with Crippen LogP contribution in [0.5, 0.6) is 11.5 Å². The fourth-order valence-corrected chi connectivity index (χ4v) is 3.04. The number of imidazole rings is 1. The Balaban J connectivity index is 1.31. The number of aromatic nitrogens is 2. The van der Waals surface area contributed by atoms with Gasteiger partial charge in [-0.25, -0.2) is 4.98 Å². The maximum Gasteiger partial charge on any atom is 0.286 e. The molecule has 0 atom stereocenters. The smallest absolute Gasteiger partial charge is 0.286 e. The van der Waals surface area contributed by atoms with Crippen molar-refractivity contribution in [3.8, 4) is 22.8 Å². The Morgan fingerprint density at radius 3 is 2.17 bits per heavy atom. The zero-order valence-corrected chi connectivity index (χ0v) is 16.7. The van der Waals surface area contributed by atoms with Crippen molar-refractivity contribution in [3.63, 3.8) is 0 Å². The van der Waals surface area contributed by atoms with Crippen molar-refractivity contribution in [1.29, 1.82) is 0 Å². The topological polar surface area (TPSA) is 78.9 Å². The van der Waals surface area contributed by atoms with Gasteiger partial charge in [0.25, 0.3) is 5.69 Å². The highest BCUT2D eigenvalue weighted by atomic mass is 35.5. The van der Waals surface area contributed by atoms with Crippen LogP contribution < -0.4 is 9.47 Å². The highest BCUT2D eigenvalue weighted by Gasteiger charge is 2.09. The van der Waals surface area contributed by atoms with E-state index in [-0.39, 0.29) is 5.69 Å². The molecule has 0 amide bonds. The summed E-state index contributed by atoms with van der Waals surface area (Å²) in [6, 6.07) is 17.9. The minimum Gasteiger partial charge on any atom is -0.493 e. The van der Waals surface area contributed by atoms with Crippen molar-refractivity contribution in [3.05, 3.63) is 88.2 Å². The van der Waals surface area contributed by atoms with Gasteiger partial charge in [0.05, 0.1) is 30.0 Å². The molecule has 0 radical (unpaired) electrons. The van der Waals surface area contributed by atoms with Crippen LogP contribution >= 0.6 is 11.6 Å². The third-order valence-electron chi connectivity index (χ3n) is 4.44. The molecular weight excluding hydrogens is 406 g/mol. The number of ether oxygens (including phenoxy) is 2. The van der Waals surface area contributed by atoms with Gasteiger partial charge in [-0.05, 0) is 54.6 Å². The van der Waals surface area contributed by atoms with E-state index in [0.717, 1.165) is 29.2 Å². The van der Waals surface area contributed by atoms with Crippen LogP contribution in [0.2, 0.25) is 5.02 Å². The Hall–Kier alpha value is -3.58. The summed E-state index contributed by atoms with van der Waals surface area (Å²) in [5.41, 5.74) is 2.31. The molecule has 4 aromatic rings. The fourth-order valence-electron chi connectivity index (χ4n) is 2.92. The van der Waals surface area contributed by atoms with Gasteiger partial charge in [0.2, 0.25) is 0 Å². The van der Waals surface area contributed by atoms with Gasteiger partial charge in [-0.3, -0.25) is 14.5 Å². The second kappa shape index (κ2) is 8.84. The van der Waals surface area contributed by atoms with E-state index in [1.807, 2.05) is 36.4 Å². The number of hydrogen-bond donors (Lipinski definition) is 0. The van der Waals surface area contributed by atoms with Crippen LogP contribution in [-0.4, -0.2) is 27.5 Å². The standard InChI is InChI=1S/C22H18ClN3O4/c23-17-4-9-20(10-5-17)30-13-1-12-29-19-7-2-16(3-8-19)21-15-25-14-18(26(27)28)6-11-22(25)24-21/h2-11,14-15H,1,12-13H2. The summed E-state index contributed by atoms with van der Waals surface area (Å²) in [5.74, 6) is 1.53. The lowest BCUT2D eigenvalue weighted by atomic mass is 10.2. The molecule has 0 spiro atoms. The van der Waals surface area contributed by atoms with E-state index in [4.69, 9.17) is 21.1 Å². The number of benzene rings is 2. The fraction of sp³-hybridized carbons (Fsp3) is 0.136. The third-order valence-corrected chi connectivity index (χ3v) is 4.69. The summed E-state index contributed by atoms with van der Waals surface area (Å²) in [6.07, 6.45) is 3.97. The molecule has 2 aromatic heterocycles. The molecule has 0 aliphatic rings. The van der Waals surface area contributed by atoms with Crippen LogP contribution in [0.15, 0.2) is 73.1 Å². The Labute approximate surface area is 177 Å². The number of fused-ring (bicyclic) bond motifs is 1. The van der Waals surface area contributed by atoms with Crippen molar-refractivity contribution in [2.75, 3.05) is 13.2 Å². The molecule has 30 heavy (non-hydrogen) atoms. The number of hydrogen-bond acceptors (Lipinski definition) is 5. The maximum atomic E-state index is 10.9. The predicted molar refractivity (Wildman–Crippen MR) is 114 cm³/mol. The molecule has 7 nitrogen and oxygen atoms in total. The molecule has 0 saturated heterocycles. The van der Waals surface area contributed by atoms with E-state index in [0.29, 0.717) is 23.9 Å². The van der Waals surface area contributed by atoms with E-state index >= 15 is 0 Å². The van der Waals surface area contributed by atoms with Crippen LogP contribution in [0.4, 0.5) is 5.69 Å². The van der Waals surface area contributed by atoms with E-state index in [2.05, 4.69) is 4.98 Å². The SMILES string of the molecule is O=[N+]([O-])c1ccc2nc(-c3ccc(OCCCOc4ccc(Cl)cc4)cc3)cn2c1. The van der Waals surface area contributed by atoms with Crippen LogP contribution in [0.25, 0.3) is 16.9 Å². The van der Waals surface area contributed by atoms with Gasteiger partial charge < -0.3 is 9.47 Å². The maximum absolute atomic E-state index is 10.9. The molecule has 0 saturated carbocycles. The second-order valence-corrected chi connectivity index (χ2v) is 7.00. The third kappa shape index (κ3) is 4.69. The summed E-state index contributed by atoms with van der Waals surface area (Å²) in [4.78, 5) is 15.0. The first-order chi connectivity index (χ1) is 14.6. The Morgan fingerprint density at radius 2 is 1.53 bits per heavy atom. The van der Waals surface area contributed by atoms with Crippen molar-refractivity contribution in [1.82, 2.24) is 9.38 Å². The molecule has 152 valence electrons. The van der Waals surface area contributed by atoms with Gasteiger partial charge in [0.15, 0.2) is 0 Å². The zero-order chi connectivity index (χ0) is 20.9. The van der Waals surface area contributed by atoms with E-state index in [1.54, 1.807) is 28.8 Å². The zero-order valence-electron chi connectivity index (χ0n) is 15.9. The van der Waals surface area contributed by atoms with Crippen LogP contribution in [0.1, 0.15) is 6.42 Å². The number of rotatable bonds is 8. The van der Waals surface area contributed by atoms with E-state index < -0.39 is 4.92 Å². The Kier molecular flexibility index (Phi) is 5.81. The first-order valence-corrected chi connectivity index (χ1v) is 9.71. The molecule has 8 heteroatoms. The molecule has 0 N–H and O–H groups in total. The lowest BCUT2D eigenvalue weighted by Crippen LogP contribution is -2.04. The van der Waals surface area contributed by atoms with E-state index in [1.165, 1.54) is 12.3 Å². The lowest BCUT2D eigenvalue weighted by molar-refractivity contribution is -0.385. The highest BCUT2D eigenvalue weighted by Crippen LogP contribution is 2.23. The average Bonchev–Trinajstić information content (AvgIpc) is 3.18. The number of nitro groups is 1. The normalized spacial score (nSPS) is 10.8. The molecule has 0 bridgehead atoms. The minimum atomic E-state index is -0.425. The number of pyridine rings is 1. The molecule has 2 aromatic carbocycles. The molecule has 2 heterocycles. The summed E-state index contributed by atoms with van der Waals surface area (Å²) >= 11 is 5.85. The van der Waals surface area contributed by atoms with Gasteiger partial charge in [-0.2, -0.15) is 0 Å². The highest BCUT2D eigenvalue weighted by molar-refractivity contribution is 6.30. The summed E-state index contributed by atoms with van der Waals surface area (Å²) < 4.78 is 13.0. The van der Waals surface area contributed by atoms with Gasteiger partial charge >= 0.3 is 0 Å². The van der Waals surface area contributed by atoms with Gasteiger partial charge in [-0.1, -0.05) is 11.6 Å². The van der Waals surface area contributed by atoms with Crippen LogP contribution in [-0.2, 0) is 0 Å². The minimum absolute atomic E-state index is 0.0234. The van der Waals surface area contributed by atoms with Crippen molar-refractivity contribution in [2.24, 2.45) is 0 Å². The first kappa shape index (κ1) is 19.7. The molecule has 0 aliphatic carbocycles. The molecule has 0 fully saturated rings. The molecule has 0 aliphatic heterocycles. The second-order valence-electron chi connectivity index (χ2n) is 6.56. The predicted octanol–water partition coefficient (Wildman–Crippen LogP) is 5.41. The molecule has 4 rings (SSSR count). The quantitative estimate of drug-likeness (QED) is 0.215. The van der Waals surface area contributed by atoms with Gasteiger partial charge in [0.1, 0.15) is 17.1 Å². The van der Waals surface area contributed by atoms with Crippen molar-refractivity contribution in [2.45, 2.75) is 6.42 Å². The Bertz CT molecular complexity index is 1160. The first-order valence-electron chi connectivity index (χ1n) is 9.33. The van der Waals surface area contributed by atoms with Crippen LogP contribution in [0, 0.1) is 10.1 Å². The number of halogens is 1. The van der Waals surface area contributed by atoms with Crippen molar-refractivity contribution >= 4 is 22.9 Å². The largest absolute Gasteiger partial charge is 0.493 e. The lowest BCUT2D eigenvalue weighted by Gasteiger charge is -2.08. The summed E-state index contributed by atoms with van der Waals surface area (Å²) in [7, 11) is 0. The van der Waals surface area contributed by atoms with E-state index in [9.17, 15) is 10.1 Å². The average molecular weight is 424 g/mol. The van der Waals surface area contributed by atoms with Crippen LogP contribution in [0.3, 0.4) is 0 Å². The summed E-state index contributed by atoms with van der Waals surface area (Å²) in [5, 5.41) is 11.6. The Morgan fingerprint density at radius 1 is 0.900 bits per heavy atom. The summed E-state index contributed by atoms with van der Waals surface area (Å²) in [6.45, 7) is 1.08. The van der Waals surface area contributed by atoms with Gasteiger partial charge in [-0.15, -0.1) is 0 Å².